The first-order valence-electron chi connectivity index (χ1n) is 10.4. The van der Waals surface area contributed by atoms with Crippen molar-refractivity contribution in [2.45, 2.75) is 25.9 Å². The lowest BCUT2D eigenvalue weighted by Crippen LogP contribution is -2.36. The number of amides is 1. The normalized spacial score (nSPS) is 12.8. The van der Waals surface area contributed by atoms with E-state index >= 15 is 0 Å². The molecular formula is C27H26N2O2. The molecule has 4 heteroatoms. The van der Waals surface area contributed by atoms with E-state index in [9.17, 15) is 4.79 Å². The Morgan fingerprint density at radius 3 is 2.13 bits per heavy atom. The van der Waals surface area contributed by atoms with Crippen LogP contribution in [0.3, 0.4) is 0 Å². The van der Waals surface area contributed by atoms with E-state index in [4.69, 9.17) is 4.42 Å². The summed E-state index contributed by atoms with van der Waals surface area (Å²) < 4.78 is 5.73. The summed E-state index contributed by atoms with van der Waals surface area (Å²) in [6.45, 7) is 4.01. The van der Waals surface area contributed by atoms with E-state index in [1.807, 2.05) is 105 Å². The zero-order valence-electron chi connectivity index (χ0n) is 17.7. The summed E-state index contributed by atoms with van der Waals surface area (Å²) in [6.07, 6.45) is 1.65. The van der Waals surface area contributed by atoms with Gasteiger partial charge in [0, 0.05) is 5.69 Å². The van der Waals surface area contributed by atoms with Crippen LogP contribution in [-0.4, -0.2) is 5.91 Å². The Morgan fingerprint density at radius 1 is 0.806 bits per heavy atom. The van der Waals surface area contributed by atoms with Crippen molar-refractivity contribution in [3.63, 3.8) is 0 Å². The third-order valence-electron chi connectivity index (χ3n) is 5.34. The highest BCUT2D eigenvalue weighted by Crippen LogP contribution is 2.28. The molecule has 0 saturated carbocycles. The van der Waals surface area contributed by atoms with Crippen molar-refractivity contribution in [1.29, 1.82) is 0 Å². The summed E-state index contributed by atoms with van der Waals surface area (Å²) >= 11 is 0. The third-order valence-corrected chi connectivity index (χ3v) is 5.34. The van der Waals surface area contributed by atoms with Gasteiger partial charge in [-0.2, -0.15) is 0 Å². The molecule has 0 saturated heterocycles. The molecule has 0 spiro atoms. The Labute approximate surface area is 182 Å². The van der Waals surface area contributed by atoms with Gasteiger partial charge in [-0.25, -0.2) is 0 Å². The van der Waals surface area contributed by atoms with Crippen LogP contribution in [0.4, 0.5) is 5.69 Å². The van der Waals surface area contributed by atoms with Gasteiger partial charge >= 0.3 is 0 Å². The quantitative estimate of drug-likeness (QED) is 0.395. The molecule has 3 aromatic carbocycles. The molecule has 2 N–H and O–H groups in total. The van der Waals surface area contributed by atoms with Crippen molar-refractivity contribution in [2.24, 2.45) is 0 Å². The van der Waals surface area contributed by atoms with Crippen LogP contribution in [-0.2, 0) is 4.79 Å². The van der Waals surface area contributed by atoms with Gasteiger partial charge < -0.3 is 9.73 Å². The number of carbonyl (C=O) groups is 1. The Hall–Kier alpha value is -3.63. The van der Waals surface area contributed by atoms with Crippen LogP contribution in [0.5, 0.6) is 0 Å². The molecule has 4 aromatic rings. The summed E-state index contributed by atoms with van der Waals surface area (Å²) in [5.74, 6) is 0.638. The number of anilines is 1. The largest absolute Gasteiger partial charge is 0.467 e. The number of nitrogens with one attached hydrogen (secondary N) is 2. The van der Waals surface area contributed by atoms with Gasteiger partial charge in [0.15, 0.2) is 0 Å². The second-order valence-electron chi connectivity index (χ2n) is 7.68. The fourth-order valence-corrected chi connectivity index (χ4v) is 3.65. The van der Waals surface area contributed by atoms with E-state index in [0.717, 1.165) is 33.7 Å². The highest BCUT2D eigenvalue weighted by molar-refractivity contribution is 5.96. The summed E-state index contributed by atoms with van der Waals surface area (Å²) in [5.41, 5.74) is 4.86. The van der Waals surface area contributed by atoms with E-state index in [1.54, 1.807) is 6.26 Å². The fourth-order valence-electron chi connectivity index (χ4n) is 3.65. The lowest BCUT2D eigenvalue weighted by molar-refractivity contribution is -0.118. The van der Waals surface area contributed by atoms with Crippen molar-refractivity contribution in [1.82, 2.24) is 5.32 Å². The van der Waals surface area contributed by atoms with Gasteiger partial charge in [0.2, 0.25) is 5.91 Å². The van der Waals surface area contributed by atoms with Gasteiger partial charge in [0.05, 0.1) is 12.3 Å². The van der Waals surface area contributed by atoms with Crippen LogP contribution in [0.25, 0.3) is 0 Å². The highest BCUT2D eigenvalue weighted by Gasteiger charge is 2.27. The van der Waals surface area contributed by atoms with Crippen molar-refractivity contribution >= 4 is 11.6 Å². The van der Waals surface area contributed by atoms with Crippen molar-refractivity contribution in [2.75, 3.05) is 5.32 Å². The smallest absolute Gasteiger partial charge is 0.246 e. The lowest BCUT2D eigenvalue weighted by atomic mass is 9.99. The Balaban J connectivity index is 1.69. The van der Waals surface area contributed by atoms with Crippen LogP contribution in [0.1, 0.15) is 40.1 Å². The molecule has 0 aliphatic carbocycles. The first-order chi connectivity index (χ1) is 15.1. The lowest BCUT2D eigenvalue weighted by Gasteiger charge is -2.25. The fraction of sp³-hybridized carbons (Fsp3) is 0.148. The molecule has 0 radical (unpaired) electrons. The predicted octanol–water partition coefficient (Wildman–Crippen LogP) is 5.96. The number of hydrogen-bond acceptors (Lipinski definition) is 3. The SMILES string of the molecule is Cc1ccc(C)c(NC(=O)[C@@H](N[C@@H](c2ccccc2)c2ccco2)c2ccccc2)c1. The van der Waals surface area contributed by atoms with Crippen LogP contribution in [0.2, 0.25) is 0 Å². The van der Waals surface area contributed by atoms with Crippen LogP contribution in [0, 0.1) is 13.8 Å². The van der Waals surface area contributed by atoms with Crippen LogP contribution < -0.4 is 10.6 Å². The molecule has 1 amide bonds. The number of furan rings is 1. The minimum absolute atomic E-state index is 0.118. The molecule has 1 aromatic heterocycles. The van der Waals surface area contributed by atoms with Gasteiger partial charge in [0.1, 0.15) is 11.8 Å². The first-order valence-corrected chi connectivity index (χ1v) is 10.4. The zero-order chi connectivity index (χ0) is 21.6. The van der Waals surface area contributed by atoms with Gasteiger partial charge in [-0.3, -0.25) is 10.1 Å². The molecule has 0 fully saturated rings. The summed E-state index contributed by atoms with van der Waals surface area (Å²) in [7, 11) is 0. The molecule has 31 heavy (non-hydrogen) atoms. The van der Waals surface area contributed by atoms with Crippen molar-refractivity contribution in [3.8, 4) is 0 Å². The topological polar surface area (TPSA) is 54.3 Å². The molecule has 0 aliphatic rings. The minimum atomic E-state index is -0.573. The van der Waals surface area contributed by atoms with E-state index in [0.29, 0.717) is 0 Å². The molecule has 0 aliphatic heterocycles. The summed E-state index contributed by atoms with van der Waals surface area (Å²) in [6, 6.07) is 28.8. The van der Waals surface area contributed by atoms with Gasteiger partial charge in [-0.15, -0.1) is 0 Å². The Kier molecular flexibility index (Phi) is 6.29. The van der Waals surface area contributed by atoms with Gasteiger partial charge in [-0.05, 0) is 54.3 Å². The number of rotatable bonds is 7. The van der Waals surface area contributed by atoms with E-state index < -0.39 is 6.04 Å². The first kappa shape index (κ1) is 20.6. The van der Waals surface area contributed by atoms with E-state index in [1.165, 1.54) is 0 Å². The molecule has 4 rings (SSSR count). The van der Waals surface area contributed by atoms with Crippen LogP contribution in [0.15, 0.2) is 102 Å². The van der Waals surface area contributed by atoms with Crippen LogP contribution >= 0.6 is 0 Å². The molecule has 1 heterocycles. The predicted molar refractivity (Wildman–Crippen MR) is 124 cm³/mol. The molecule has 0 bridgehead atoms. The number of hydrogen-bond donors (Lipinski definition) is 2. The average Bonchev–Trinajstić information content (AvgIpc) is 3.33. The van der Waals surface area contributed by atoms with Crippen molar-refractivity contribution < 1.29 is 9.21 Å². The van der Waals surface area contributed by atoms with E-state index in [-0.39, 0.29) is 11.9 Å². The maximum absolute atomic E-state index is 13.5. The maximum atomic E-state index is 13.5. The number of carbonyl (C=O) groups excluding carboxylic acids is 1. The second-order valence-corrected chi connectivity index (χ2v) is 7.68. The van der Waals surface area contributed by atoms with Gasteiger partial charge in [0.25, 0.3) is 0 Å². The second kappa shape index (κ2) is 9.45. The molecule has 156 valence electrons. The minimum Gasteiger partial charge on any atom is -0.467 e. The van der Waals surface area contributed by atoms with Gasteiger partial charge in [-0.1, -0.05) is 72.8 Å². The van der Waals surface area contributed by atoms with Crippen molar-refractivity contribution in [3.05, 3.63) is 125 Å². The van der Waals surface area contributed by atoms with E-state index in [2.05, 4.69) is 10.6 Å². The molecule has 0 unspecified atom stereocenters. The maximum Gasteiger partial charge on any atom is 0.246 e. The molecular weight excluding hydrogens is 384 g/mol. The molecule has 2 atom stereocenters. The zero-order valence-corrected chi connectivity index (χ0v) is 17.7. The highest BCUT2D eigenvalue weighted by atomic mass is 16.3. The summed E-state index contributed by atoms with van der Waals surface area (Å²) in [4.78, 5) is 13.5. The third kappa shape index (κ3) is 4.93. The summed E-state index contributed by atoms with van der Waals surface area (Å²) in [5, 5.41) is 6.66. The average molecular weight is 411 g/mol. The monoisotopic (exact) mass is 410 g/mol. The molecule has 4 nitrogen and oxygen atoms in total. The number of benzene rings is 3. The Bertz CT molecular complexity index is 1120. The standard InChI is InChI=1S/C27H26N2O2/c1-19-15-16-20(2)23(18-19)28-27(30)26(22-12-7-4-8-13-22)29-25(24-14-9-17-31-24)21-10-5-3-6-11-21/h3-18,25-26,29H,1-2H3,(H,28,30)/t25-,26-/m0/s1. The Morgan fingerprint density at radius 2 is 1.48 bits per heavy atom. The number of aryl methyl sites for hydroxylation is 2.